The van der Waals surface area contributed by atoms with E-state index in [-0.39, 0.29) is 30.1 Å². The number of nitrogens with zero attached hydrogens (tertiary/aromatic N) is 1. The van der Waals surface area contributed by atoms with Gasteiger partial charge in [0.25, 0.3) is 0 Å². The van der Waals surface area contributed by atoms with E-state index >= 15 is 0 Å². The Labute approximate surface area is 200 Å². The highest BCUT2D eigenvalue weighted by molar-refractivity contribution is 5.79. The fourth-order valence-electron chi connectivity index (χ4n) is 6.27. The van der Waals surface area contributed by atoms with Crippen LogP contribution in [-0.2, 0) is 19.0 Å². The van der Waals surface area contributed by atoms with Crippen LogP contribution in [0.5, 0.6) is 0 Å². The summed E-state index contributed by atoms with van der Waals surface area (Å²) < 4.78 is 16.7. The zero-order valence-corrected chi connectivity index (χ0v) is 21.4. The van der Waals surface area contributed by atoms with Gasteiger partial charge in [0.05, 0.1) is 18.1 Å². The van der Waals surface area contributed by atoms with Gasteiger partial charge in [-0.1, -0.05) is 12.8 Å². The summed E-state index contributed by atoms with van der Waals surface area (Å²) in [5.74, 6) is 2.07. The number of ether oxygens (including phenoxy) is 3. The van der Waals surface area contributed by atoms with Crippen LogP contribution >= 0.6 is 0 Å². The van der Waals surface area contributed by atoms with Gasteiger partial charge >= 0.3 is 6.09 Å². The van der Waals surface area contributed by atoms with Crippen LogP contribution in [0, 0.1) is 23.7 Å². The molecule has 2 saturated carbocycles. The van der Waals surface area contributed by atoms with Crippen molar-refractivity contribution in [3.8, 4) is 0 Å². The molecule has 0 radical (unpaired) electrons. The third kappa shape index (κ3) is 7.32. The molecule has 1 N–H and O–H groups in total. The fourth-order valence-corrected chi connectivity index (χ4v) is 6.27. The highest BCUT2D eigenvalue weighted by Crippen LogP contribution is 2.39. The monoisotopic (exact) mass is 466 g/mol. The number of likely N-dealkylation sites (tertiary alicyclic amines) is 1. The second-order valence-electron chi connectivity index (χ2n) is 11.4. The van der Waals surface area contributed by atoms with Crippen LogP contribution in [0.2, 0.25) is 0 Å². The van der Waals surface area contributed by atoms with Crippen molar-refractivity contribution in [2.75, 3.05) is 33.9 Å². The SMILES string of the molecule is COC1CCCC(C(=O)N2CCC(C3CCCC(CNC(=O)OC(C)(C)C)C3)CC2)C1OC. The van der Waals surface area contributed by atoms with Crippen LogP contribution in [0.25, 0.3) is 0 Å². The predicted octanol–water partition coefficient (Wildman–Crippen LogP) is 4.39. The Bertz CT molecular complexity index is 641. The number of nitrogens with one attached hydrogen (secondary N) is 1. The standard InChI is InChI=1S/C26H46N2O5/c1-26(2,3)33-25(30)27-17-18-8-6-9-20(16-18)19-12-14-28(15-13-19)24(29)21-10-7-11-22(31-4)23(21)32-5/h18-23H,6-17H2,1-5H3,(H,27,30). The molecule has 3 aliphatic rings. The minimum Gasteiger partial charge on any atom is -0.444 e. The van der Waals surface area contributed by atoms with E-state index < -0.39 is 5.60 Å². The average molecular weight is 467 g/mol. The fraction of sp³-hybridized carbons (Fsp3) is 0.923. The summed E-state index contributed by atoms with van der Waals surface area (Å²) in [6, 6.07) is 0. The highest BCUT2D eigenvalue weighted by atomic mass is 16.6. The molecule has 1 saturated heterocycles. The molecule has 7 nitrogen and oxygen atoms in total. The lowest BCUT2D eigenvalue weighted by Crippen LogP contribution is -2.51. The first-order chi connectivity index (χ1) is 15.7. The summed E-state index contributed by atoms with van der Waals surface area (Å²) in [6.07, 6.45) is 9.44. The molecule has 190 valence electrons. The average Bonchev–Trinajstić information content (AvgIpc) is 2.81. The highest BCUT2D eigenvalue weighted by Gasteiger charge is 2.41. The third-order valence-corrected chi connectivity index (χ3v) is 7.93. The van der Waals surface area contributed by atoms with Gasteiger partial charge in [-0.15, -0.1) is 0 Å². The van der Waals surface area contributed by atoms with Crippen molar-refractivity contribution in [2.45, 2.75) is 96.4 Å². The van der Waals surface area contributed by atoms with E-state index in [4.69, 9.17) is 14.2 Å². The van der Waals surface area contributed by atoms with Gasteiger partial charge < -0.3 is 24.4 Å². The second-order valence-corrected chi connectivity index (χ2v) is 11.4. The number of carbonyl (C=O) groups is 2. The quantitative estimate of drug-likeness (QED) is 0.628. The molecule has 33 heavy (non-hydrogen) atoms. The van der Waals surface area contributed by atoms with Gasteiger partial charge in [0, 0.05) is 33.9 Å². The first-order valence-electron chi connectivity index (χ1n) is 13.0. The molecular weight excluding hydrogens is 420 g/mol. The minimum atomic E-state index is -0.462. The van der Waals surface area contributed by atoms with Gasteiger partial charge in [0.15, 0.2) is 0 Å². The normalized spacial score (nSPS) is 31.8. The van der Waals surface area contributed by atoms with Crippen molar-refractivity contribution in [1.82, 2.24) is 10.2 Å². The smallest absolute Gasteiger partial charge is 0.407 e. The van der Waals surface area contributed by atoms with Crippen LogP contribution < -0.4 is 5.32 Å². The van der Waals surface area contributed by atoms with Crippen LogP contribution in [0.3, 0.4) is 0 Å². The Balaban J connectivity index is 1.45. The molecule has 3 rings (SSSR count). The number of alkyl carbamates (subject to hydrolysis) is 1. The molecule has 5 unspecified atom stereocenters. The molecule has 1 aliphatic heterocycles. The number of piperidine rings is 1. The zero-order valence-electron chi connectivity index (χ0n) is 21.4. The summed E-state index contributed by atoms with van der Waals surface area (Å²) in [5, 5.41) is 2.97. The Kier molecular flexibility index (Phi) is 9.45. The molecule has 1 heterocycles. The zero-order chi connectivity index (χ0) is 24.0. The molecule has 2 aliphatic carbocycles. The van der Waals surface area contributed by atoms with E-state index in [9.17, 15) is 9.59 Å². The number of hydrogen-bond acceptors (Lipinski definition) is 5. The van der Waals surface area contributed by atoms with E-state index in [0.29, 0.717) is 24.3 Å². The second kappa shape index (κ2) is 11.9. The number of methoxy groups -OCH3 is 2. The Morgan fingerprint density at radius 1 is 0.909 bits per heavy atom. The Morgan fingerprint density at radius 2 is 1.61 bits per heavy atom. The molecule has 7 heteroatoms. The molecule has 3 fully saturated rings. The van der Waals surface area contributed by atoms with E-state index in [2.05, 4.69) is 10.2 Å². The Hall–Kier alpha value is -1.34. The molecule has 0 bridgehead atoms. The molecule has 0 aromatic carbocycles. The lowest BCUT2D eigenvalue weighted by atomic mass is 9.72. The topological polar surface area (TPSA) is 77.1 Å². The van der Waals surface area contributed by atoms with Crippen molar-refractivity contribution in [3.05, 3.63) is 0 Å². The van der Waals surface area contributed by atoms with Gasteiger partial charge in [-0.3, -0.25) is 4.79 Å². The van der Waals surface area contributed by atoms with Crippen LogP contribution in [0.15, 0.2) is 0 Å². The van der Waals surface area contributed by atoms with Crippen LogP contribution in [0.1, 0.15) is 78.6 Å². The maximum atomic E-state index is 13.3. The van der Waals surface area contributed by atoms with E-state index in [1.165, 1.54) is 19.3 Å². The molecule has 0 spiro atoms. The van der Waals surface area contributed by atoms with Crippen LogP contribution in [0.4, 0.5) is 4.79 Å². The first-order valence-corrected chi connectivity index (χ1v) is 13.0. The predicted molar refractivity (Wildman–Crippen MR) is 128 cm³/mol. The van der Waals surface area contributed by atoms with Crippen molar-refractivity contribution in [1.29, 1.82) is 0 Å². The number of amides is 2. The molecule has 2 amide bonds. The van der Waals surface area contributed by atoms with Gasteiger partial charge in [0.2, 0.25) is 5.91 Å². The first kappa shape index (κ1) is 26.3. The van der Waals surface area contributed by atoms with Gasteiger partial charge in [-0.05, 0) is 83.5 Å². The van der Waals surface area contributed by atoms with Crippen molar-refractivity contribution in [3.63, 3.8) is 0 Å². The lowest BCUT2D eigenvalue weighted by molar-refractivity contribution is -0.152. The molecule has 5 atom stereocenters. The van der Waals surface area contributed by atoms with E-state index in [0.717, 1.165) is 51.6 Å². The van der Waals surface area contributed by atoms with E-state index in [1.54, 1.807) is 14.2 Å². The summed E-state index contributed by atoms with van der Waals surface area (Å²) >= 11 is 0. The van der Waals surface area contributed by atoms with Gasteiger partial charge in [0.1, 0.15) is 5.60 Å². The summed E-state index contributed by atoms with van der Waals surface area (Å²) in [5.41, 5.74) is -0.462. The van der Waals surface area contributed by atoms with Crippen molar-refractivity contribution in [2.24, 2.45) is 23.7 Å². The molecule has 0 aromatic rings. The number of hydrogen-bond donors (Lipinski definition) is 1. The van der Waals surface area contributed by atoms with Gasteiger partial charge in [-0.25, -0.2) is 4.79 Å². The number of rotatable bonds is 6. The van der Waals surface area contributed by atoms with Crippen LogP contribution in [-0.4, -0.2) is 68.6 Å². The van der Waals surface area contributed by atoms with E-state index in [1.807, 2.05) is 20.8 Å². The largest absolute Gasteiger partial charge is 0.444 e. The summed E-state index contributed by atoms with van der Waals surface area (Å²) in [6.45, 7) is 8.07. The molecular formula is C26H46N2O5. The maximum absolute atomic E-state index is 13.3. The summed E-state index contributed by atoms with van der Waals surface area (Å²) in [4.78, 5) is 27.4. The third-order valence-electron chi connectivity index (χ3n) is 7.93. The summed E-state index contributed by atoms with van der Waals surface area (Å²) in [7, 11) is 3.42. The lowest BCUT2D eigenvalue weighted by Gasteiger charge is -2.42. The Morgan fingerprint density at radius 3 is 2.24 bits per heavy atom. The van der Waals surface area contributed by atoms with Crippen molar-refractivity contribution < 1.29 is 23.8 Å². The minimum absolute atomic E-state index is 0.0173. The van der Waals surface area contributed by atoms with Crippen molar-refractivity contribution >= 4 is 12.0 Å². The molecule has 0 aromatic heterocycles. The maximum Gasteiger partial charge on any atom is 0.407 e. The van der Waals surface area contributed by atoms with Gasteiger partial charge in [-0.2, -0.15) is 0 Å². The number of carbonyl (C=O) groups excluding carboxylic acids is 2.